The molecule has 1 unspecified atom stereocenters. The van der Waals surface area contributed by atoms with Gasteiger partial charge in [0.05, 0.1) is 22.8 Å². The Hall–Kier alpha value is -1.83. The summed E-state index contributed by atoms with van der Waals surface area (Å²) in [4.78, 5) is 12.8. The van der Waals surface area contributed by atoms with Crippen LogP contribution in [0.5, 0.6) is 0 Å². The topological polar surface area (TPSA) is 106 Å². The van der Waals surface area contributed by atoms with Crippen LogP contribution in [-0.2, 0) is 9.84 Å². The Balaban J connectivity index is 2.37. The number of primary amides is 1. The first kappa shape index (κ1) is 14.6. The molecule has 1 amide bonds. The zero-order valence-corrected chi connectivity index (χ0v) is 11.8. The normalized spacial score (nSPS) is 20.8. The minimum absolute atomic E-state index is 0.0223. The lowest BCUT2D eigenvalue weighted by Gasteiger charge is -2.26. The van der Waals surface area contributed by atoms with E-state index in [2.05, 4.69) is 0 Å². The fraction of sp³-hybridized carbons (Fsp3) is 0.417. The van der Waals surface area contributed by atoms with Gasteiger partial charge in [-0.2, -0.15) is 0 Å². The SMILES string of the molecule is CN(c1cc(C(N)=O)c(N)cc1F)C1CCS(=O)(=O)C1. The summed E-state index contributed by atoms with van der Waals surface area (Å²) in [5.41, 5.74) is 10.8. The lowest BCUT2D eigenvalue weighted by Crippen LogP contribution is -2.33. The highest BCUT2D eigenvalue weighted by Gasteiger charge is 2.32. The summed E-state index contributed by atoms with van der Waals surface area (Å²) in [6.45, 7) is 0. The quantitative estimate of drug-likeness (QED) is 0.772. The van der Waals surface area contributed by atoms with Crippen molar-refractivity contribution in [2.24, 2.45) is 5.73 Å². The van der Waals surface area contributed by atoms with Crippen LogP contribution < -0.4 is 16.4 Å². The van der Waals surface area contributed by atoms with Crippen LogP contribution in [0.1, 0.15) is 16.8 Å². The monoisotopic (exact) mass is 301 g/mol. The van der Waals surface area contributed by atoms with E-state index in [1.807, 2.05) is 0 Å². The zero-order valence-electron chi connectivity index (χ0n) is 11.0. The van der Waals surface area contributed by atoms with Gasteiger partial charge in [0.15, 0.2) is 9.84 Å². The van der Waals surface area contributed by atoms with Crippen molar-refractivity contribution in [2.45, 2.75) is 12.5 Å². The number of amides is 1. The number of halogens is 1. The molecule has 1 saturated heterocycles. The van der Waals surface area contributed by atoms with E-state index in [4.69, 9.17) is 11.5 Å². The molecule has 20 heavy (non-hydrogen) atoms. The van der Waals surface area contributed by atoms with Gasteiger partial charge in [-0.1, -0.05) is 0 Å². The number of rotatable bonds is 3. The number of hydrogen-bond acceptors (Lipinski definition) is 5. The van der Waals surface area contributed by atoms with Crippen LogP contribution in [0.15, 0.2) is 12.1 Å². The van der Waals surface area contributed by atoms with Crippen LogP contribution in [0.25, 0.3) is 0 Å². The maximum absolute atomic E-state index is 14.0. The first-order valence-electron chi connectivity index (χ1n) is 6.03. The molecule has 0 saturated carbocycles. The Kier molecular flexibility index (Phi) is 3.59. The summed E-state index contributed by atoms with van der Waals surface area (Å²) in [6.07, 6.45) is 0.425. The lowest BCUT2D eigenvalue weighted by atomic mass is 10.1. The van der Waals surface area contributed by atoms with Crippen molar-refractivity contribution in [3.05, 3.63) is 23.5 Å². The number of nitrogen functional groups attached to an aromatic ring is 1. The van der Waals surface area contributed by atoms with Crippen molar-refractivity contribution in [1.29, 1.82) is 0 Å². The second-order valence-corrected chi connectivity index (χ2v) is 7.15. The lowest BCUT2D eigenvalue weighted by molar-refractivity contribution is 0.100. The van der Waals surface area contributed by atoms with Gasteiger partial charge in [-0.25, -0.2) is 12.8 Å². The first-order valence-corrected chi connectivity index (χ1v) is 7.85. The molecular formula is C12H16FN3O3S. The minimum Gasteiger partial charge on any atom is -0.398 e. The van der Waals surface area contributed by atoms with Crippen molar-refractivity contribution in [3.63, 3.8) is 0 Å². The molecule has 0 spiro atoms. The highest BCUT2D eigenvalue weighted by Crippen LogP contribution is 2.28. The molecular weight excluding hydrogens is 285 g/mol. The molecule has 0 aliphatic carbocycles. The molecule has 1 atom stereocenters. The zero-order chi connectivity index (χ0) is 15.1. The van der Waals surface area contributed by atoms with Crippen molar-refractivity contribution >= 4 is 27.1 Å². The van der Waals surface area contributed by atoms with Gasteiger partial charge in [-0.15, -0.1) is 0 Å². The molecule has 1 aromatic rings. The molecule has 8 heteroatoms. The van der Waals surface area contributed by atoms with Gasteiger partial charge in [-0.05, 0) is 18.6 Å². The predicted octanol–water partition coefficient (Wildman–Crippen LogP) is 0.130. The Morgan fingerprint density at radius 2 is 2.10 bits per heavy atom. The van der Waals surface area contributed by atoms with Gasteiger partial charge < -0.3 is 16.4 Å². The summed E-state index contributed by atoms with van der Waals surface area (Å²) < 4.78 is 36.9. The molecule has 1 heterocycles. The maximum Gasteiger partial charge on any atom is 0.250 e. The van der Waals surface area contributed by atoms with E-state index < -0.39 is 21.6 Å². The number of carbonyl (C=O) groups excluding carboxylic acids is 1. The van der Waals surface area contributed by atoms with E-state index in [1.165, 1.54) is 11.0 Å². The van der Waals surface area contributed by atoms with Gasteiger partial charge in [-0.3, -0.25) is 4.79 Å². The standard InChI is InChI=1S/C12H16FN3O3S/c1-16(7-2-3-20(18,19)6-7)11-4-8(12(15)17)10(14)5-9(11)13/h4-5,7H,2-3,6,14H2,1H3,(H2,15,17). The second kappa shape index (κ2) is 4.93. The highest BCUT2D eigenvalue weighted by molar-refractivity contribution is 7.91. The molecule has 110 valence electrons. The van der Waals surface area contributed by atoms with Crippen LogP contribution in [-0.4, -0.2) is 38.9 Å². The number of sulfone groups is 1. The van der Waals surface area contributed by atoms with E-state index in [9.17, 15) is 17.6 Å². The molecule has 1 aliphatic rings. The summed E-state index contributed by atoms with van der Waals surface area (Å²) in [6, 6.07) is 1.96. The largest absolute Gasteiger partial charge is 0.398 e. The van der Waals surface area contributed by atoms with Crippen molar-refractivity contribution < 1.29 is 17.6 Å². The maximum atomic E-state index is 14.0. The van der Waals surface area contributed by atoms with E-state index in [-0.39, 0.29) is 34.5 Å². The van der Waals surface area contributed by atoms with E-state index >= 15 is 0 Å². The van der Waals surface area contributed by atoms with Crippen molar-refractivity contribution in [2.75, 3.05) is 29.2 Å². The second-order valence-electron chi connectivity index (χ2n) is 4.92. The molecule has 0 aromatic heterocycles. The van der Waals surface area contributed by atoms with Crippen LogP contribution in [0.2, 0.25) is 0 Å². The minimum atomic E-state index is -3.08. The van der Waals surface area contributed by atoms with E-state index in [0.29, 0.717) is 6.42 Å². The molecule has 0 bridgehead atoms. The Morgan fingerprint density at radius 1 is 1.45 bits per heavy atom. The Labute approximate surface area is 116 Å². The van der Waals surface area contributed by atoms with Gasteiger partial charge in [0.25, 0.3) is 5.91 Å². The van der Waals surface area contributed by atoms with Gasteiger partial charge in [0, 0.05) is 18.8 Å². The smallest absolute Gasteiger partial charge is 0.250 e. The van der Waals surface area contributed by atoms with E-state index in [0.717, 1.165) is 6.07 Å². The van der Waals surface area contributed by atoms with E-state index in [1.54, 1.807) is 7.05 Å². The number of carbonyl (C=O) groups is 1. The van der Waals surface area contributed by atoms with Crippen LogP contribution in [0.4, 0.5) is 15.8 Å². The summed E-state index contributed by atoms with van der Waals surface area (Å²) in [7, 11) is -1.49. The van der Waals surface area contributed by atoms with Crippen molar-refractivity contribution in [3.8, 4) is 0 Å². The molecule has 1 aliphatic heterocycles. The predicted molar refractivity (Wildman–Crippen MR) is 74.8 cm³/mol. The summed E-state index contributed by atoms with van der Waals surface area (Å²) in [5, 5.41) is 0. The summed E-state index contributed by atoms with van der Waals surface area (Å²) in [5.74, 6) is -1.31. The molecule has 1 aromatic carbocycles. The third-order valence-corrected chi connectivity index (χ3v) is 5.27. The average Bonchev–Trinajstić information content (AvgIpc) is 2.68. The van der Waals surface area contributed by atoms with Crippen LogP contribution in [0, 0.1) is 5.82 Å². The highest BCUT2D eigenvalue weighted by atomic mass is 32.2. The molecule has 2 rings (SSSR count). The van der Waals surface area contributed by atoms with Crippen LogP contribution in [0.3, 0.4) is 0 Å². The number of anilines is 2. The fourth-order valence-corrected chi connectivity index (χ4v) is 4.11. The summed E-state index contributed by atoms with van der Waals surface area (Å²) >= 11 is 0. The Bertz CT molecular complexity index is 660. The number of nitrogens with two attached hydrogens (primary N) is 2. The third-order valence-electron chi connectivity index (χ3n) is 3.52. The van der Waals surface area contributed by atoms with Gasteiger partial charge >= 0.3 is 0 Å². The number of benzene rings is 1. The first-order chi connectivity index (χ1) is 9.21. The fourth-order valence-electron chi connectivity index (χ4n) is 2.34. The van der Waals surface area contributed by atoms with Crippen molar-refractivity contribution in [1.82, 2.24) is 0 Å². The third kappa shape index (κ3) is 2.69. The van der Waals surface area contributed by atoms with Crippen LogP contribution >= 0.6 is 0 Å². The van der Waals surface area contributed by atoms with Gasteiger partial charge in [0.2, 0.25) is 0 Å². The van der Waals surface area contributed by atoms with Gasteiger partial charge in [0.1, 0.15) is 5.82 Å². The molecule has 6 nitrogen and oxygen atoms in total. The Morgan fingerprint density at radius 3 is 2.60 bits per heavy atom. The number of hydrogen-bond donors (Lipinski definition) is 2. The molecule has 4 N–H and O–H groups in total. The number of nitrogens with zero attached hydrogens (tertiary/aromatic N) is 1. The molecule has 0 radical (unpaired) electrons. The average molecular weight is 301 g/mol. The molecule has 1 fully saturated rings.